The second-order valence-corrected chi connectivity index (χ2v) is 6.61. The number of carbonyl (C=O) groups excluding carboxylic acids is 1. The quantitative estimate of drug-likeness (QED) is 0.876. The number of urea groups is 1. The number of nitrogens with one attached hydrogen (secondary N) is 1. The van der Waals surface area contributed by atoms with E-state index in [0.29, 0.717) is 12.6 Å². The highest BCUT2D eigenvalue weighted by molar-refractivity contribution is 7.09. The van der Waals surface area contributed by atoms with Gasteiger partial charge in [-0.3, -0.25) is 0 Å². The van der Waals surface area contributed by atoms with Gasteiger partial charge in [-0.15, -0.1) is 11.3 Å². The molecule has 110 valence electrons. The van der Waals surface area contributed by atoms with Crippen LogP contribution >= 0.6 is 11.3 Å². The first-order valence-corrected chi connectivity index (χ1v) is 8.39. The lowest BCUT2D eigenvalue weighted by atomic mass is 10.2. The monoisotopic (exact) mass is 294 g/mol. The molecular formula is C15H22N2O2S. The third-order valence-electron chi connectivity index (χ3n) is 3.93. The first kappa shape index (κ1) is 13.9. The molecule has 2 heterocycles. The summed E-state index contributed by atoms with van der Waals surface area (Å²) in [5.41, 5.74) is 0. The molecule has 0 bridgehead atoms. The van der Waals surface area contributed by atoms with Gasteiger partial charge in [0.25, 0.3) is 0 Å². The molecule has 0 radical (unpaired) electrons. The Morgan fingerprint density at radius 3 is 3.00 bits per heavy atom. The molecule has 2 amide bonds. The predicted molar refractivity (Wildman–Crippen MR) is 80.1 cm³/mol. The molecule has 4 nitrogen and oxygen atoms in total. The van der Waals surface area contributed by atoms with Gasteiger partial charge in [0, 0.05) is 30.6 Å². The van der Waals surface area contributed by atoms with E-state index in [2.05, 4.69) is 22.8 Å². The van der Waals surface area contributed by atoms with Crippen LogP contribution in [0.15, 0.2) is 17.5 Å². The molecule has 1 N–H and O–H groups in total. The molecule has 3 rings (SSSR count). The molecule has 1 aliphatic heterocycles. The molecule has 5 heteroatoms. The summed E-state index contributed by atoms with van der Waals surface area (Å²) in [6, 6.07) is 4.75. The zero-order chi connectivity index (χ0) is 13.8. The van der Waals surface area contributed by atoms with Crippen LogP contribution in [0.5, 0.6) is 0 Å². The van der Waals surface area contributed by atoms with Crippen molar-refractivity contribution in [3.8, 4) is 0 Å². The second-order valence-electron chi connectivity index (χ2n) is 5.58. The molecule has 1 saturated carbocycles. The summed E-state index contributed by atoms with van der Waals surface area (Å²) in [7, 11) is 0. The van der Waals surface area contributed by atoms with Crippen molar-refractivity contribution in [2.45, 2.75) is 44.2 Å². The zero-order valence-electron chi connectivity index (χ0n) is 11.7. The normalized spacial score (nSPS) is 21.9. The van der Waals surface area contributed by atoms with Crippen molar-refractivity contribution in [2.75, 3.05) is 19.7 Å². The Bertz CT molecular complexity index is 425. The topological polar surface area (TPSA) is 41.6 Å². The maximum absolute atomic E-state index is 12.3. The number of ether oxygens (including phenoxy) is 1. The summed E-state index contributed by atoms with van der Waals surface area (Å²) < 4.78 is 5.55. The number of hydrogen-bond donors (Lipinski definition) is 1. The van der Waals surface area contributed by atoms with Gasteiger partial charge >= 0.3 is 6.03 Å². The van der Waals surface area contributed by atoms with Crippen molar-refractivity contribution in [3.05, 3.63) is 22.4 Å². The van der Waals surface area contributed by atoms with Crippen molar-refractivity contribution in [3.63, 3.8) is 0 Å². The minimum Gasteiger partial charge on any atom is -0.376 e. The highest BCUT2D eigenvalue weighted by Gasteiger charge is 2.32. The van der Waals surface area contributed by atoms with Gasteiger partial charge in [-0.05, 0) is 43.6 Å². The van der Waals surface area contributed by atoms with E-state index in [-0.39, 0.29) is 12.1 Å². The van der Waals surface area contributed by atoms with Gasteiger partial charge < -0.3 is 15.0 Å². The van der Waals surface area contributed by atoms with E-state index in [0.717, 1.165) is 45.3 Å². The van der Waals surface area contributed by atoms with Crippen LogP contribution in [0.25, 0.3) is 0 Å². The van der Waals surface area contributed by atoms with Crippen LogP contribution in [0.2, 0.25) is 0 Å². The molecule has 0 aromatic carbocycles. The van der Waals surface area contributed by atoms with Crippen LogP contribution in [0, 0.1) is 0 Å². The minimum atomic E-state index is 0.0829. The Hall–Kier alpha value is -1.07. The van der Waals surface area contributed by atoms with Gasteiger partial charge in [-0.2, -0.15) is 0 Å². The van der Waals surface area contributed by atoms with E-state index < -0.39 is 0 Å². The standard InChI is InChI=1S/C15H22N2O2S/c18-15(16-11-13-3-1-9-19-13)17(12-5-6-12)8-7-14-4-2-10-20-14/h2,4,10,12-13H,1,3,5-9,11H2,(H,16,18). The Kier molecular flexibility index (Phi) is 4.58. The average molecular weight is 294 g/mol. The van der Waals surface area contributed by atoms with Gasteiger partial charge in [-0.25, -0.2) is 4.79 Å². The van der Waals surface area contributed by atoms with Gasteiger partial charge in [0.15, 0.2) is 0 Å². The second kappa shape index (κ2) is 6.59. The maximum Gasteiger partial charge on any atom is 0.317 e. The Morgan fingerprint density at radius 2 is 2.35 bits per heavy atom. The lowest BCUT2D eigenvalue weighted by molar-refractivity contribution is 0.108. The number of hydrogen-bond acceptors (Lipinski definition) is 3. The molecule has 2 fully saturated rings. The van der Waals surface area contributed by atoms with Crippen LogP contribution in [0.1, 0.15) is 30.6 Å². The molecular weight excluding hydrogens is 272 g/mol. The lowest BCUT2D eigenvalue weighted by Gasteiger charge is -2.23. The number of thiophene rings is 1. The Labute approximate surface area is 124 Å². The first-order valence-electron chi connectivity index (χ1n) is 7.51. The molecule has 0 spiro atoms. The molecule has 20 heavy (non-hydrogen) atoms. The largest absolute Gasteiger partial charge is 0.376 e. The maximum atomic E-state index is 12.3. The highest BCUT2D eigenvalue weighted by atomic mass is 32.1. The number of rotatable bonds is 6. The van der Waals surface area contributed by atoms with E-state index in [4.69, 9.17) is 4.74 Å². The number of nitrogens with zero attached hydrogens (tertiary/aromatic N) is 1. The highest BCUT2D eigenvalue weighted by Crippen LogP contribution is 2.27. The summed E-state index contributed by atoms with van der Waals surface area (Å²) >= 11 is 1.76. The minimum absolute atomic E-state index is 0.0829. The van der Waals surface area contributed by atoms with Crippen molar-refractivity contribution in [2.24, 2.45) is 0 Å². The van der Waals surface area contributed by atoms with Crippen LogP contribution in [-0.2, 0) is 11.2 Å². The first-order chi connectivity index (χ1) is 9.83. The summed E-state index contributed by atoms with van der Waals surface area (Å²) in [6.45, 7) is 2.31. The third-order valence-corrected chi connectivity index (χ3v) is 4.87. The fourth-order valence-electron chi connectivity index (χ4n) is 2.63. The van der Waals surface area contributed by atoms with Crippen molar-refractivity contribution in [1.29, 1.82) is 0 Å². The van der Waals surface area contributed by atoms with E-state index in [1.807, 2.05) is 4.90 Å². The predicted octanol–water partition coefficient (Wildman–Crippen LogP) is 2.64. The Balaban J connectivity index is 1.46. The van der Waals surface area contributed by atoms with E-state index in [9.17, 15) is 4.79 Å². The van der Waals surface area contributed by atoms with Crippen molar-refractivity contribution in [1.82, 2.24) is 10.2 Å². The van der Waals surface area contributed by atoms with Gasteiger partial charge in [0.05, 0.1) is 6.10 Å². The molecule has 1 saturated heterocycles. The van der Waals surface area contributed by atoms with Crippen LogP contribution < -0.4 is 5.32 Å². The molecule has 1 aliphatic carbocycles. The van der Waals surface area contributed by atoms with E-state index in [1.165, 1.54) is 4.88 Å². The Morgan fingerprint density at radius 1 is 1.45 bits per heavy atom. The van der Waals surface area contributed by atoms with Gasteiger partial charge in [0.2, 0.25) is 0 Å². The molecule has 1 unspecified atom stereocenters. The zero-order valence-corrected chi connectivity index (χ0v) is 12.5. The molecule has 1 aromatic rings. The van der Waals surface area contributed by atoms with Crippen LogP contribution in [0.3, 0.4) is 0 Å². The lowest BCUT2D eigenvalue weighted by Crippen LogP contribution is -2.44. The smallest absolute Gasteiger partial charge is 0.317 e. The van der Waals surface area contributed by atoms with E-state index >= 15 is 0 Å². The van der Waals surface area contributed by atoms with Gasteiger partial charge in [-0.1, -0.05) is 6.07 Å². The number of amides is 2. The molecule has 1 aromatic heterocycles. The third kappa shape index (κ3) is 3.73. The molecule has 1 atom stereocenters. The molecule has 2 aliphatic rings. The summed E-state index contributed by atoms with van der Waals surface area (Å²) in [5, 5.41) is 5.13. The SMILES string of the molecule is O=C(NCC1CCCO1)N(CCc1cccs1)C1CC1. The fourth-order valence-corrected chi connectivity index (χ4v) is 3.33. The fraction of sp³-hybridized carbons (Fsp3) is 0.667. The summed E-state index contributed by atoms with van der Waals surface area (Å²) in [6.07, 6.45) is 5.67. The van der Waals surface area contributed by atoms with Crippen LogP contribution in [-0.4, -0.2) is 42.8 Å². The van der Waals surface area contributed by atoms with Crippen molar-refractivity contribution >= 4 is 17.4 Å². The summed E-state index contributed by atoms with van der Waals surface area (Å²) in [4.78, 5) is 15.7. The van der Waals surface area contributed by atoms with Crippen molar-refractivity contribution < 1.29 is 9.53 Å². The number of carbonyl (C=O) groups is 1. The van der Waals surface area contributed by atoms with Crippen LogP contribution in [0.4, 0.5) is 4.79 Å². The average Bonchev–Trinajstić information content (AvgIpc) is 2.95. The summed E-state index contributed by atoms with van der Waals surface area (Å²) in [5.74, 6) is 0. The van der Waals surface area contributed by atoms with E-state index in [1.54, 1.807) is 11.3 Å². The van der Waals surface area contributed by atoms with Gasteiger partial charge in [0.1, 0.15) is 0 Å².